The standard InChI is InChI=1S/C7H10FN3O/c1-6(8)2-3-11-7(4-12)9-5-10-11/h4-6H,2-3H2,1H3. The van der Waals surface area contributed by atoms with E-state index in [0.29, 0.717) is 19.3 Å². The molecule has 1 atom stereocenters. The summed E-state index contributed by atoms with van der Waals surface area (Å²) in [5.41, 5.74) is 0. The Labute approximate surface area is 69.4 Å². The number of aryl methyl sites for hydroxylation is 1. The first kappa shape index (κ1) is 8.83. The molecule has 0 amide bonds. The Balaban J connectivity index is 2.56. The van der Waals surface area contributed by atoms with Crippen molar-refractivity contribution in [1.82, 2.24) is 14.8 Å². The summed E-state index contributed by atoms with van der Waals surface area (Å²) in [6, 6.07) is 0. The topological polar surface area (TPSA) is 47.8 Å². The molecule has 5 heteroatoms. The van der Waals surface area contributed by atoms with Gasteiger partial charge in [-0.15, -0.1) is 0 Å². The second kappa shape index (κ2) is 3.94. The van der Waals surface area contributed by atoms with Crippen molar-refractivity contribution in [2.24, 2.45) is 0 Å². The van der Waals surface area contributed by atoms with Gasteiger partial charge in [-0.3, -0.25) is 4.79 Å². The van der Waals surface area contributed by atoms with E-state index in [-0.39, 0.29) is 5.82 Å². The molecule has 0 fully saturated rings. The maximum atomic E-state index is 12.4. The normalized spacial score (nSPS) is 12.8. The van der Waals surface area contributed by atoms with Crippen LogP contribution in [0, 0.1) is 0 Å². The molecule has 1 heterocycles. The molecule has 0 spiro atoms. The molecular formula is C7H10FN3O. The highest BCUT2D eigenvalue weighted by Gasteiger charge is 2.04. The highest BCUT2D eigenvalue weighted by atomic mass is 19.1. The summed E-state index contributed by atoms with van der Waals surface area (Å²) in [6.07, 6.45) is 1.36. The Morgan fingerprint density at radius 1 is 1.83 bits per heavy atom. The number of alkyl halides is 1. The van der Waals surface area contributed by atoms with Crippen LogP contribution in [0.2, 0.25) is 0 Å². The Hall–Kier alpha value is -1.26. The summed E-state index contributed by atoms with van der Waals surface area (Å²) in [7, 11) is 0. The number of carbonyl (C=O) groups excluding carboxylic acids is 1. The maximum Gasteiger partial charge on any atom is 0.191 e. The highest BCUT2D eigenvalue weighted by Crippen LogP contribution is 1.99. The van der Waals surface area contributed by atoms with E-state index in [1.807, 2.05) is 0 Å². The van der Waals surface area contributed by atoms with Crippen molar-refractivity contribution in [2.75, 3.05) is 0 Å². The van der Waals surface area contributed by atoms with Gasteiger partial charge in [0, 0.05) is 6.54 Å². The predicted molar refractivity (Wildman–Crippen MR) is 40.6 cm³/mol. The summed E-state index contributed by atoms with van der Waals surface area (Å²) < 4.78 is 13.8. The lowest BCUT2D eigenvalue weighted by Crippen LogP contribution is -2.08. The fraction of sp³-hybridized carbons (Fsp3) is 0.571. The van der Waals surface area contributed by atoms with Crippen molar-refractivity contribution >= 4 is 6.29 Å². The summed E-state index contributed by atoms with van der Waals surface area (Å²) in [5.74, 6) is 0.246. The monoisotopic (exact) mass is 171 g/mol. The van der Waals surface area contributed by atoms with Crippen LogP contribution in [0.4, 0.5) is 4.39 Å². The summed E-state index contributed by atoms with van der Waals surface area (Å²) >= 11 is 0. The van der Waals surface area contributed by atoms with Crippen molar-refractivity contribution < 1.29 is 9.18 Å². The average molecular weight is 171 g/mol. The van der Waals surface area contributed by atoms with Crippen LogP contribution in [-0.2, 0) is 6.54 Å². The first-order valence-electron chi connectivity index (χ1n) is 3.71. The largest absolute Gasteiger partial charge is 0.294 e. The van der Waals surface area contributed by atoms with Crippen molar-refractivity contribution in [3.63, 3.8) is 0 Å². The molecule has 0 saturated carbocycles. The molecule has 0 aliphatic carbocycles. The van der Waals surface area contributed by atoms with Crippen LogP contribution in [0.5, 0.6) is 0 Å². The van der Waals surface area contributed by atoms with Gasteiger partial charge in [-0.05, 0) is 13.3 Å². The first-order chi connectivity index (χ1) is 5.74. The zero-order valence-electron chi connectivity index (χ0n) is 6.77. The third kappa shape index (κ3) is 2.11. The smallest absolute Gasteiger partial charge is 0.191 e. The van der Waals surface area contributed by atoms with Crippen LogP contribution in [0.1, 0.15) is 24.0 Å². The molecule has 0 radical (unpaired) electrons. The van der Waals surface area contributed by atoms with Crippen LogP contribution < -0.4 is 0 Å². The molecular weight excluding hydrogens is 161 g/mol. The van der Waals surface area contributed by atoms with Gasteiger partial charge in [0.05, 0.1) is 6.17 Å². The van der Waals surface area contributed by atoms with Gasteiger partial charge in [0.25, 0.3) is 0 Å². The van der Waals surface area contributed by atoms with Crippen LogP contribution >= 0.6 is 0 Å². The Morgan fingerprint density at radius 2 is 2.58 bits per heavy atom. The number of hydrogen-bond donors (Lipinski definition) is 0. The Morgan fingerprint density at radius 3 is 3.17 bits per heavy atom. The molecule has 1 aromatic heterocycles. The van der Waals surface area contributed by atoms with E-state index in [1.165, 1.54) is 17.9 Å². The van der Waals surface area contributed by atoms with Gasteiger partial charge in [-0.2, -0.15) is 5.10 Å². The molecule has 0 aromatic carbocycles. The van der Waals surface area contributed by atoms with Crippen molar-refractivity contribution in [3.05, 3.63) is 12.2 Å². The number of aldehydes is 1. The number of halogens is 1. The van der Waals surface area contributed by atoms with Gasteiger partial charge >= 0.3 is 0 Å². The molecule has 12 heavy (non-hydrogen) atoms. The van der Waals surface area contributed by atoms with Crippen LogP contribution in [0.25, 0.3) is 0 Å². The molecule has 1 unspecified atom stereocenters. The molecule has 66 valence electrons. The highest BCUT2D eigenvalue weighted by molar-refractivity contribution is 5.68. The van der Waals surface area contributed by atoms with E-state index in [0.717, 1.165) is 0 Å². The molecule has 0 aliphatic rings. The zero-order valence-corrected chi connectivity index (χ0v) is 6.77. The number of hydrogen-bond acceptors (Lipinski definition) is 3. The van der Waals surface area contributed by atoms with E-state index in [4.69, 9.17) is 0 Å². The fourth-order valence-corrected chi connectivity index (χ4v) is 0.837. The second-order valence-electron chi connectivity index (χ2n) is 2.53. The summed E-state index contributed by atoms with van der Waals surface area (Å²) in [6.45, 7) is 1.86. The van der Waals surface area contributed by atoms with Crippen molar-refractivity contribution in [2.45, 2.75) is 26.1 Å². The molecule has 4 nitrogen and oxygen atoms in total. The second-order valence-corrected chi connectivity index (χ2v) is 2.53. The van der Waals surface area contributed by atoms with Gasteiger partial charge in [-0.25, -0.2) is 14.1 Å². The van der Waals surface area contributed by atoms with Gasteiger partial charge < -0.3 is 0 Å². The van der Waals surface area contributed by atoms with Gasteiger partial charge in [0.1, 0.15) is 6.33 Å². The maximum absolute atomic E-state index is 12.4. The minimum Gasteiger partial charge on any atom is -0.294 e. The number of nitrogens with zero attached hydrogens (tertiary/aromatic N) is 3. The lowest BCUT2D eigenvalue weighted by molar-refractivity contribution is 0.110. The van der Waals surface area contributed by atoms with E-state index < -0.39 is 6.17 Å². The zero-order chi connectivity index (χ0) is 8.97. The van der Waals surface area contributed by atoms with Crippen LogP contribution in [0.15, 0.2) is 6.33 Å². The molecule has 1 aromatic rings. The SMILES string of the molecule is CC(F)CCn1ncnc1C=O. The molecule has 0 bridgehead atoms. The third-order valence-corrected chi connectivity index (χ3v) is 1.49. The minimum absolute atomic E-state index is 0.246. The van der Waals surface area contributed by atoms with Crippen molar-refractivity contribution in [3.8, 4) is 0 Å². The predicted octanol–water partition coefficient (Wildman–Crippen LogP) is 0.839. The molecule has 0 saturated heterocycles. The summed E-state index contributed by atoms with van der Waals surface area (Å²) in [4.78, 5) is 14.0. The lowest BCUT2D eigenvalue weighted by atomic mass is 10.3. The quantitative estimate of drug-likeness (QED) is 0.630. The molecule has 1 rings (SSSR count). The number of rotatable bonds is 4. The average Bonchev–Trinajstić information content (AvgIpc) is 2.47. The van der Waals surface area contributed by atoms with E-state index in [2.05, 4.69) is 10.1 Å². The van der Waals surface area contributed by atoms with Crippen LogP contribution in [-0.4, -0.2) is 27.2 Å². The fourth-order valence-electron chi connectivity index (χ4n) is 0.837. The number of carbonyl (C=O) groups is 1. The summed E-state index contributed by atoms with van der Waals surface area (Å²) in [5, 5.41) is 3.77. The molecule has 0 N–H and O–H groups in total. The van der Waals surface area contributed by atoms with Crippen molar-refractivity contribution in [1.29, 1.82) is 0 Å². The van der Waals surface area contributed by atoms with Crippen LogP contribution in [0.3, 0.4) is 0 Å². The van der Waals surface area contributed by atoms with Gasteiger partial charge in [0.2, 0.25) is 0 Å². The van der Waals surface area contributed by atoms with Gasteiger partial charge in [0.15, 0.2) is 12.1 Å². The Kier molecular flexibility index (Phi) is 2.90. The minimum atomic E-state index is -0.881. The molecule has 0 aliphatic heterocycles. The van der Waals surface area contributed by atoms with E-state index in [9.17, 15) is 9.18 Å². The van der Waals surface area contributed by atoms with Gasteiger partial charge in [-0.1, -0.05) is 0 Å². The lowest BCUT2D eigenvalue weighted by Gasteiger charge is -2.02. The van der Waals surface area contributed by atoms with E-state index >= 15 is 0 Å². The van der Waals surface area contributed by atoms with E-state index in [1.54, 1.807) is 0 Å². The Bertz CT molecular complexity index is 259. The first-order valence-corrected chi connectivity index (χ1v) is 3.71. The number of aromatic nitrogens is 3. The third-order valence-electron chi connectivity index (χ3n) is 1.49.